The summed E-state index contributed by atoms with van der Waals surface area (Å²) in [7, 11) is 1.72. The van der Waals surface area contributed by atoms with Gasteiger partial charge in [-0.1, -0.05) is 19.4 Å². The fourth-order valence-corrected chi connectivity index (χ4v) is 1.74. The minimum Gasteiger partial charge on any atom is -0.385 e. The van der Waals surface area contributed by atoms with Gasteiger partial charge in [-0.25, -0.2) is 4.99 Å². The molecule has 0 fully saturated rings. The third kappa shape index (κ3) is 9.94. The van der Waals surface area contributed by atoms with Crippen molar-refractivity contribution in [2.45, 2.75) is 39.7 Å². The number of rotatable bonds is 9. The number of aliphatic imine (C=N–C) groups is 1. The molecule has 126 valence electrons. The third-order valence-electron chi connectivity index (χ3n) is 3.03. The first kappa shape index (κ1) is 21.1. The van der Waals surface area contributed by atoms with Crippen molar-refractivity contribution in [3.8, 4) is 0 Å². The van der Waals surface area contributed by atoms with Crippen LogP contribution in [-0.2, 0) is 11.3 Å². The average Bonchev–Trinajstić information content (AvgIpc) is 2.50. The van der Waals surface area contributed by atoms with E-state index in [-0.39, 0.29) is 24.0 Å². The second kappa shape index (κ2) is 13.8. The first-order chi connectivity index (χ1) is 10.3. The first-order valence-corrected chi connectivity index (χ1v) is 7.69. The summed E-state index contributed by atoms with van der Waals surface area (Å²) in [5.41, 5.74) is 2.15. The Hall–Kier alpha value is -0.890. The maximum atomic E-state index is 5.05. The number of halogens is 1. The van der Waals surface area contributed by atoms with E-state index in [2.05, 4.69) is 33.6 Å². The van der Waals surface area contributed by atoms with Crippen LogP contribution in [0, 0.1) is 6.92 Å². The number of nitrogens with one attached hydrogen (secondary N) is 2. The number of pyridine rings is 1. The van der Waals surface area contributed by atoms with Gasteiger partial charge in [0.25, 0.3) is 0 Å². The van der Waals surface area contributed by atoms with Gasteiger partial charge < -0.3 is 15.4 Å². The second-order valence-electron chi connectivity index (χ2n) is 5.03. The van der Waals surface area contributed by atoms with E-state index in [0.29, 0.717) is 6.54 Å². The molecule has 1 aromatic rings. The maximum Gasteiger partial charge on any atom is 0.191 e. The molecule has 6 heteroatoms. The van der Waals surface area contributed by atoms with Crippen LogP contribution < -0.4 is 10.6 Å². The zero-order valence-corrected chi connectivity index (χ0v) is 16.2. The van der Waals surface area contributed by atoms with Crippen LogP contribution in [0.5, 0.6) is 0 Å². The molecule has 0 atom stereocenters. The lowest BCUT2D eigenvalue weighted by Gasteiger charge is -2.12. The van der Waals surface area contributed by atoms with Crippen LogP contribution in [0.3, 0.4) is 0 Å². The Balaban J connectivity index is 0.00000441. The Labute approximate surface area is 151 Å². The van der Waals surface area contributed by atoms with E-state index >= 15 is 0 Å². The van der Waals surface area contributed by atoms with Gasteiger partial charge in [-0.05, 0) is 31.4 Å². The summed E-state index contributed by atoms with van der Waals surface area (Å²) in [4.78, 5) is 8.90. The molecule has 1 aromatic heterocycles. The Morgan fingerprint density at radius 3 is 2.55 bits per heavy atom. The van der Waals surface area contributed by atoms with Gasteiger partial charge in [-0.2, -0.15) is 0 Å². The number of hydrogen-bond donors (Lipinski definition) is 2. The number of hydrogen-bond acceptors (Lipinski definition) is 3. The summed E-state index contributed by atoms with van der Waals surface area (Å²) < 4.78 is 5.05. The van der Waals surface area contributed by atoms with Gasteiger partial charge in [0.2, 0.25) is 0 Å². The van der Waals surface area contributed by atoms with Gasteiger partial charge in [0.05, 0.1) is 6.54 Å². The Morgan fingerprint density at radius 2 is 1.95 bits per heavy atom. The largest absolute Gasteiger partial charge is 0.385 e. The van der Waals surface area contributed by atoms with Crippen molar-refractivity contribution >= 4 is 29.9 Å². The molecule has 2 N–H and O–H groups in total. The van der Waals surface area contributed by atoms with Gasteiger partial charge >= 0.3 is 0 Å². The van der Waals surface area contributed by atoms with Crippen molar-refractivity contribution in [1.29, 1.82) is 0 Å². The van der Waals surface area contributed by atoms with Gasteiger partial charge in [-0.3, -0.25) is 4.98 Å². The molecule has 0 aromatic carbocycles. The van der Waals surface area contributed by atoms with E-state index in [1.165, 1.54) is 6.42 Å². The summed E-state index contributed by atoms with van der Waals surface area (Å²) in [6.45, 7) is 7.37. The predicted octanol–water partition coefficient (Wildman–Crippen LogP) is 2.88. The van der Waals surface area contributed by atoms with E-state index in [1.54, 1.807) is 7.11 Å². The standard InChI is InChI=1S/C16H28N4O.HI/c1-4-5-9-17-16(18-10-6-11-21-3)20-13-15-8-7-14(2)19-12-15;/h7-8,12H,4-6,9-11,13H2,1-3H3,(H2,17,18,20);1H. The molecule has 0 spiro atoms. The molecule has 5 nitrogen and oxygen atoms in total. The summed E-state index contributed by atoms with van der Waals surface area (Å²) in [6, 6.07) is 4.08. The Morgan fingerprint density at radius 1 is 1.23 bits per heavy atom. The predicted molar refractivity (Wildman–Crippen MR) is 103 cm³/mol. The minimum atomic E-state index is 0. The highest BCUT2D eigenvalue weighted by Crippen LogP contribution is 2.00. The number of nitrogens with zero attached hydrogens (tertiary/aromatic N) is 2. The van der Waals surface area contributed by atoms with E-state index in [0.717, 1.165) is 49.8 Å². The summed E-state index contributed by atoms with van der Waals surface area (Å²) in [6.07, 6.45) is 5.17. The highest BCUT2D eigenvalue weighted by Gasteiger charge is 1.98. The highest BCUT2D eigenvalue weighted by atomic mass is 127. The monoisotopic (exact) mass is 420 g/mol. The van der Waals surface area contributed by atoms with Crippen LogP contribution in [0.2, 0.25) is 0 Å². The molecule has 0 saturated carbocycles. The first-order valence-electron chi connectivity index (χ1n) is 7.69. The van der Waals surface area contributed by atoms with Crippen LogP contribution >= 0.6 is 24.0 Å². The Kier molecular flexibility index (Phi) is 13.2. The fourth-order valence-electron chi connectivity index (χ4n) is 1.74. The maximum absolute atomic E-state index is 5.05. The lowest BCUT2D eigenvalue weighted by atomic mass is 10.2. The van der Waals surface area contributed by atoms with Crippen molar-refractivity contribution < 1.29 is 4.74 Å². The summed E-state index contributed by atoms with van der Waals surface area (Å²) >= 11 is 0. The number of aromatic nitrogens is 1. The highest BCUT2D eigenvalue weighted by molar-refractivity contribution is 14.0. The quantitative estimate of drug-likeness (QED) is 0.279. The van der Waals surface area contributed by atoms with Crippen molar-refractivity contribution in [3.05, 3.63) is 29.6 Å². The fraction of sp³-hybridized carbons (Fsp3) is 0.625. The van der Waals surface area contributed by atoms with Gasteiger partial charge in [0.15, 0.2) is 5.96 Å². The number of guanidine groups is 1. The average molecular weight is 420 g/mol. The molecular formula is C16H29IN4O. The molecule has 0 unspecified atom stereocenters. The molecule has 0 aliphatic heterocycles. The number of ether oxygens (including phenoxy) is 1. The SMILES string of the molecule is CCCCNC(=NCc1ccc(C)nc1)NCCCOC.I. The van der Waals surface area contributed by atoms with Crippen LogP contribution in [0.4, 0.5) is 0 Å². The van der Waals surface area contributed by atoms with Crippen LogP contribution in [0.15, 0.2) is 23.3 Å². The van der Waals surface area contributed by atoms with E-state index in [9.17, 15) is 0 Å². The van der Waals surface area contributed by atoms with Gasteiger partial charge in [0.1, 0.15) is 0 Å². The summed E-state index contributed by atoms with van der Waals surface area (Å²) in [5, 5.41) is 6.69. The van der Waals surface area contributed by atoms with E-state index < -0.39 is 0 Å². The Bertz CT molecular complexity index is 409. The normalized spacial score (nSPS) is 11.0. The number of unbranched alkanes of at least 4 members (excludes halogenated alkanes) is 1. The molecule has 0 saturated heterocycles. The second-order valence-corrected chi connectivity index (χ2v) is 5.03. The zero-order valence-electron chi connectivity index (χ0n) is 13.9. The molecule has 0 radical (unpaired) electrons. The van der Waals surface area contributed by atoms with Crippen LogP contribution in [0.25, 0.3) is 0 Å². The van der Waals surface area contributed by atoms with E-state index in [1.807, 2.05) is 19.2 Å². The van der Waals surface area contributed by atoms with Crippen molar-refractivity contribution in [2.75, 3.05) is 26.8 Å². The van der Waals surface area contributed by atoms with Crippen LogP contribution in [-0.4, -0.2) is 37.7 Å². The smallest absolute Gasteiger partial charge is 0.191 e. The molecule has 22 heavy (non-hydrogen) atoms. The third-order valence-corrected chi connectivity index (χ3v) is 3.03. The lowest BCUT2D eigenvalue weighted by Crippen LogP contribution is -2.38. The molecule has 0 aliphatic rings. The number of aryl methyl sites for hydroxylation is 1. The van der Waals surface area contributed by atoms with Crippen molar-refractivity contribution in [2.24, 2.45) is 4.99 Å². The van der Waals surface area contributed by atoms with Gasteiger partial charge in [-0.15, -0.1) is 24.0 Å². The van der Waals surface area contributed by atoms with E-state index in [4.69, 9.17) is 4.74 Å². The summed E-state index contributed by atoms with van der Waals surface area (Å²) in [5.74, 6) is 0.861. The minimum absolute atomic E-state index is 0. The van der Waals surface area contributed by atoms with Gasteiger partial charge in [0, 0.05) is 38.7 Å². The molecular weight excluding hydrogens is 391 g/mol. The molecule has 1 heterocycles. The molecule has 0 bridgehead atoms. The topological polar surface area (TPSA) is 58.5 Å². The van der Waals surface area contributed by atoms with Crippen molar-refractivity contribution in [1.82, 2.24) is 15.6 Å². The molecule has 0 amide bonds. The number of methoxy groups -OCH3 is 1. The molecule has 0 aliphatic carbocycles. The van der Waals surface area contributed by atoms with Crippen molar-refractivity contribution in [3.63, 3.8) is 0 Å². The molecule has 1 rings (SSSR count). The van der Waals surface area contributed by atoms with Crippen LogP contribution in [0.1, 0.15) is 37.4 Å². The zero-order chi connectivity index (χ0) is 15.3. The lowest BCUT2D eigenvalue weighted by molar-refractivity contribution is 0.195.